The van der Waals surface area contributed by atoms with E-state index in [4.69, 9.17) is 5.73 Å². The smallest absolute Gasteiger partial charge is 0.227 e. The summed E-state index contributed by atoms with van der Waals surface area (Å²) in [5, 5.41) is 3.27. The second-order valence-corrected chi connectivity index (χ2v) is 7.95. The monoisotopic (exact) mass is 372 g/mol. The lowest BCUT2D eigenvalue weighted by Crippen LogP contribution is -2.56. The summed E-state index contributed by atoms with van der Waals surface area (Å²) in [5.74, 6) is 0.536. The van der Waals surface area contributed by atoms with Crippen molar-refractivity contribution in [1.82, 2.24) is 19.7 Å². The minimum absolute atomic E-state index is 0.0726. The lowest BCUT2D eigenvalue weighted by molar-refractivity contribution is -0.137. The van der Waals surface area contributed by atoms with Crippen LogP contribution in [0, 0.1) is 5.92 Å². The highest BCUT2D eigenvalue weighted by Crippen LogP contribution is 2.28. The molecule has 2 saturated heterocycles. The van der Waals surface area contributed by atoms with Crippen LogP contribution in [-0.2, 0) is 16.1 Å². The van der Waals surface area contributed by atoms with Gasteiger partial charge in [-0.25, -0.2) is 0 Å². The van der Waals surface area contributed by atoms with Gasteiger partial charge in [0.2, 0.25) is 11.8 Å². The van der Waals surface area contributed by atoms with Gasteiger partial charge in [-0.2, -0.15) is 0 Å². The van der Waals surface area contributed by atoms with Gasteiger partial charge in [-0.05, 0) is 31.4 Å². The normalized spacial score (nSPS) is 24.4. The molecule has 0 aromatic carbocycles. The summed E-state index contributed by atoms with van der Waals surface area (Å²) >= 11 is 0. The summed E-state index contributed by atoms with van der Waals surface area (Å²) in [5.41, 5.74) is 5.68. The second kappa shape index (κ2) is 7.25. The predicted molar refractivity (Wildman–Crippen MR) is 102 cm³/mol. The summed E-state index contributed by atoms with van der Waals surface area (Å²) in [6.07, 6.45) is 7.01. The Balaban J connectivity index is 1.24. The number of likely N-dealkylation sites (tertiary alicyclic amines) is 2. The Labute approximate surface area is 159 Å². The van der Waals surface area contributed by atoms with Gasteiger partial charge < -0.3 is 25.4 Å². The van der Waals surface area contributed by atoms with Crippen LogP contribution in [0.15, 0.2) is 29.5 Å². The number of rotatable bonds is 5. The van der Waals surface area contributed by atoms with Gasteiger partial charge in [-0.3, -0.25) is 14.6 Å². The van der Waals surface area contributed by atoms with Crippen LogP contribution in [0.1, 0.15) is 25.7 Å². The molecule has 2 fully saturated rings. The van der Waals surface area contributed by atoms with Crippen LogP contribution in [0.25, 0.3) is 0 Å². The third kappa shape index (κ3) is 3.79. The summed E-state index contributed by atoms with van der Waals surface area (Å²) < 4.78 is 2.11. The lowest BCUT2D eigenvalue weighted by atomic mass is 9.87. The van der Waals surface area contributed by atoms with E-state index in [1.54, 1.807) is 0 Å². The van der Waals surface area contributed by atoms with Crippen molar-refractivity contribution in [1.29, 1.82) is 0 Å². The summed E-state index contributed by atoms with van der Waals surface area (Å²) in [4.78, 5) is 33.2. The second-order valence-electron chi connectivity index (χ2n) is 7.95. The maximum atomic E-state index is 12.9. The minimum Gasteiger partial charge on any atom is -0.370 e. The summed E-state index contributed by atoms with van der Waals surface area (Å²) in [6, 6.07) is 4.00. The zero-order chi connectivity index (χ0) is 18.9. The fourth-order valence-electron chi connectivity index (χ4n) is 4.40. The van der Waals surface area contributed by atoms with E-state index in [0.29, 0.717) is 45.1 Å². The van der Waals surface area contributed by atoms with Crippen molar-refractivity contribution in [3.63, 3.8) is 0 Å². The molecule has 3 aliphatic heterocycles. The molecule has 0 saturated carbocycles. The molecule has 1 aromatic rings. The SMILES string of the molecule is NC1=NCC2(CCN(C(=O)C3CC(=O)N(CCCn4cccc4)C3)CC2)N1. The zero-order valence-corrected chi connectivity index (χ0v) is 15.6. The Morgan fingerprint density at radius 3 is 2.67 bits per heavy atom. The van der Waals surface area contributed by atoms with Crippen molar-refractivity contribution in [3.8, 4) is 0 Å². The first-order valence-corrected chi connectivity index (χ1v) is 9.80. The Morgan fingerprint density at radius 1 is 1.26 bits per heavy atom. The number of aryl methyl sites for hydroxylation is 1. The number of nitrogens with one attached hydrogen (secondary N) is 1. The van der Waals surface area contributed by atoms with Gasteiger partial charge in [-0.1, -0.05) is 0 Å². The summed E-state index contributed by atoms with van der Waals surface area (Å²) in [7, 11) is 0. The molecule has 0 radical (unpaired) electrons. The molecule has 27 heavy (non-hydrogen) atoms. The summed E-state index contributed by atoms with van der Waals surface area (Å²) in [6.45, 7) is 4.25. The standard InChI is InChI=1S/C19H28N6O2/c20-18-21-14-19(22-18)4-10-24(11-5-19)17(27)15-12-16(26)25(13-15)9-3-8-23-6-1-2-7-23/h1-2,6-7,15H,3-5,8-14H2,(H3,20,21,22). The quantitative estimate of drug-likeness (QED) is 0.761. The number of carbonyl (C=O) groups excluding carboxylic acids is 2. The van der Waals surface area contributed by atoms with Crippen molar-refractivity contribution in [3.05, 3.63) is 24.5 Å². The van der Waals surface area contributed by atoms with Crippen molar-refractivity contribution >= 4 is 17.8 Å². The predicted octanol–water partition coefficient (Wildman–Crippen LogP) is 0.00580. The molecule has 1 aromatic heterocycles. The van der Waals surface area contributed by atoms with Crippen LogP contribution in [-0.4, -0.2) is 70.4 Å². The Hall–Kier alpha value is -2.51. The third-order valence-electron chi connectivity index (χ3n) is 6.05. The van der Waals surface area contributed by atoms with E-state index in [9.17, 15) is 9.59 Å². The van der Waals surface area contributed by atoms with Gasteiger partial charge in [0.15, 0.2) is 5.96 Å². The molecule has 2 amide bonds. The van der Waals surface area contributed by atoms with E-state index in [1.165, 1.54) is 0 Å². The lowest BCUT2D eigenvalue weighted by Gasteiger charge is -2.39. The molecule has 1 spiro atoms. The van der Waals surface area contributed by atoms with E-state index in [0.717, 1.165) is 25.8 Å². The Bertz CT molecular complexity index is 721. The van der Waals surface area contributed by atoms with Crippen LogP contribution in [0.5, 0.6) is 0 Å². The number of amides is 2. The Morgan fingerprint density at radius 2 is 2.00 bits per heavy atom. The number of hydrogen-bond donors (Lipinski definition) is 2. The zero-order valence-electron chi connectivity index (χ0n) is 15.6. The van der Waals surface area contributed by atoms with Crippen LogP contribution in [0.3, 0.4) is 0 Å². The Kier molecular flexibility index (Phi) is 4.80. The first kappa shape index (κ1) is 17.9. The van der Waals surface area contributed by atoms with Crippen molar-refractivity contribution in [2.24, 2.45) is 16.6 Å². The molecule has 1 atom stereocenters. The molecule has 0 aliphatic carbocycles. The van der Waals surface area contributed by atoms with Gasteiger partial charge in [0.05, 0.1) is 18.0 Å². The van der Waals surface area contributed by atoms with Crippen molar-refractivity contribution in [2.45, 2.75) is 37.8 Å². The minimum atomic E-state index is -0.198. The molecule has 1 unspecified atom stereocenters. The molecule has 8 nitrogen and oxygen atoms in total. The molecule has 8 heteroatoms. The van der Waals surface area contributed by atoms with Gasteiger partial charge in [0.25, 0.3) is 0 Å². The number of aromatic nitrogens is 1. The molecule has 3 N–H and O–H groups in total. The number of hydrogen-bond acceptors (Lipinski definition) is 5. The molecule has 4 heterocycles. The maximum absolute atomic E-state index is 12.9. The van der Waals surface area contributed by atoms with Crippen LogP contribution in [0.2, 0.25) is 0 Å². The highest BCUT2D eigenvalue weighted by Gasteiger charge is 2.42. The number of guanidine groups is 1. The van der Waals surface area contributed by atoms with E-state index in [2.05, 4.69) is 14.9 Å². The van der Waals surface area contributed by atoms with Crippen LogP contribution < -0.4 is 11.1 Å². The molecule has 4 rings (SSSR count). The number of nitrogens with two attached hydrogens (primary N) is 1. The number of aliphatic imine (C=N–C) groups is 1. The average Bonchev–Trinajstić information content (AvgIpc) is 3.38. The molecular weight excluding hydrogens is 344 g/mol. The number of carbonyl (C=O) groups is 2. The van der Waals surface area contributed by atoms with Crippen LogP contribution >= 0.6 is 0 Å². The van der Waals surface area contributed by atoms with E-state index in [1.807, 2.05) is 34.3 Å². The first-order chi connectivity index (χ1) is 13.0. The molecule has 3 aliphatic rings. The molecule has 0 bridgehead atoms. The van der Waals surface area contributed by atoms with E-state index in [-0.39, 0.29) is 23.3 Å². The number of nitrogens with zero attached hydrogens (tertiary/aromatic N) is 4. The molecule has 146 valence electrons. The first-order valence-electron chi connectivity index (χ1n) is 9.80. The topological polar surface area (TPSA) is 96.0 Å². The van der Waals surface area contributed by atoms with Gasteiger partial charge in [0, 0.05) is 51.5 Å². The third-order valence-corrected chi connectivity index (χ3v) is 6.05. The molecular formula is C19H28N6O2. The maximum Gasteiger partial charge on any atom is 0.227 e. The van der Waals surface area contributed by atoms with E-state index < -0.39 is 0 Å². The largest absolute Gasteiger partial charge is 0.370 e. The van der Waals surface area contributed by atoms with Gasteiger partial charge >= 0.3 is 0 Å². The van der Waals surface area contributed by atoms with Crippen molar-refractivity contribution < 1.29 is 9.59 Å². The highest BCUT2D eigenvalue weighted by molar-refractivity contribution is 5.89. The van der Waals surface area contributed by atoms with Crippen molar-refractivity contribution in [2.75, 3.05) is 32.7 Å². The van der Waals surface area contributed by atoms with Crippen LogP contribution in [0.4, 0.5) is 0 Å². The number of piperidine rings is 1. The fourth-order valence-corrected chi connectivity index (χ4v) is 4.40. The van der Waals surface area contributed by atoms with Gasteiger partial charge in [0.1, 0.15) is 0 Å². The fraction of sp³-hybridized carbons (Fsp3) is 0.632. The average molecular weight is 372 g/mol. The highest BCUT2D eigenvalue weighted by atomic mass is 16.2. The van der Waals surface area contributed by atoms with Gasteiger partial charge in [-0.15, -0.1) is 0 Å². The van der Waals surface area contributed by atoms with E-state index >= 15 is 0 Å².